The molecule has 0 radical (unpaired) electrons. The molecule has 1 saturated carbocycles. The van der Waals surface area contributed by atoms with E-state index < -0.39 is 5.60 Å². The van der Waals surface area contributed by atoms with Gasteiger partial charge in [0.2, 0.25) is 0 Å². The summed E-state index contributed by atoms with van der Waals surface area (Å²) in [6.07, 6.45) is 2.38. The number of halogens is 1. The van der Waals surface area contributed by atoms with Crippen LogP contribution in [-0.2, 0) is 15.1 Å². The molecule has 0 atom stereocenters. The third-order valence-corrected chi connectivity index (χ3v) is 4.05. The van der Waals surface area contributed by atoms with Crippen molar-refractivity contribution in [2.24, 2.45) is 0 Å². The summed E-state index contributed by atoms with van der Waals surface area (Å²) in [6.45, 7) is 2.51. The summed E-state index contributed by atoms with van der Waals surface area (Å²) in [5.74, 6) is 1.05. The Morgan fingerprint density at radius 2 is 2.00 bits per heavy atom. The van der Waals surface area contributed by atoms with E-state index >= 15 is 0 Å². The second-order valence-electron chi connectivity index (χ2n) is 4.78. The number of carbonyl (C=O) groups is 1. The second kappa shape index (κ2) is 5.93. The van der Waals surface area contributed by atoms with Crippen molar-refractivity contribution < 1.29 is 14.3 Å². The van der Waals surface area contributed by atoms with E-state index in [1.165, 1.54) is 0 Å². The first-order chi connectivity index (χ1) is 9.13. The molecule has 104 valence electrons. The van der Waals surface area contributed by atoms with Crippen LogP contribution in [0.15, 0.2) is 18.2 Å². The molecule has 0 aliphatic heterocycles. The summed E-state index contributed by atoms with van der Waals surface area (Å²) in [4.78, 5) is 11.5. The number of hydrogen-bond acceptors (Lipinski definition) is 3. The highest BCUT2D eigenvalue weighted by molar-refractivity contribution is 6.31. The van der Waals surface area contributed by atoms with Crippen LogP contribution in [-0.4, -0.2) is 19.5 Å². The lowest BCUT2D eigenvalue weighted by Crippen LogP contribution is -2.34. The molecule has 1 aromatic carbocycles. The average Bonchev–Trinajstić information content (AvgIpc) is 2.41. The van der Waals surface area contributed by atoms with E-state index in [4.69, 9.17) is 21.1 Å². The number of hydrogen-bond donors (Lipinski definition) is 0. The van der Waals surface area contributed by atoms with Crippen molar-refractivity contribution in [1.82, 2.24) is 0 Å². The predicted octanol–water partition coefficient (Wildman–Crippen LogP) is 3.72. The number of Topliss-reactive ketones (excluding diaryl/α,β-unsaturated/α-hetero) is 1. The van der Waals surface area contributed by atoms with Crippen molar-refractivity contribution in [2.45, 2.75) is 38.2 Å². The SMILES string of the molecule is CCOc1cccc(Cl)c1C1(OC)CCC(=O)CC1. The molecule has 0 heterocycles. The van der Waals surface area contributed by atoms with Crippen molar-refractivity contribution in [3.63, 3.8) is 0 Å². The van der Waals surface area contributed by atoms with E-state index in [2.05, 4.69) is 0 Å². The third kappa shape index (κ3) is 2.77. The lowest BCUT2D eigenvalue weighted by Gasteiger charge is -2.37. The van der Waals surface area contributed by atoms with Gasteiger partial charge < -0.3 is 9.47 Å². The van der Waals surface area contributed by atoms with Crippen LogP contribution < -0.4 is 4.74 Å². The number of rotatable bonds is 4. The summed E-state index contributed by atoms with van der Waals surface area (Å²) in [6, 6.07) is 5.62. The largest absolute Gasteiger partial charge is 0.493 e. The molecular formula is C15H19ClO3. The minimum atomic E-state index is -0.503. The highest BCUT2D eigenvalue weighted by Gasteiger charge is 2.40. The van der Waals surface area contributed by atoms with Crippen molar-refractivity contribution in [3.8, 4) is 5.75 Å². The molecule has 0 N–H and O–H groups in total. The fourth-order valence-electron chi connectivity index (χ4n) is 2.71. The van der Waals surface area contributed by atoms with Crippen molar-refractivity contribution >= 4 is 17.4 Å². The first kappa shape index (κ1) is 14.4. The summed E-state index contributed by atoms with van der Waals surface area (Å²) in [7, 11) is 1.68. The molecule has 0 unspecified atom stereocenters. The van der Waals surface area contributed by atoms with Crippen molar-refractivity contribution in [3.05, 3.63) is 28.8 Å². The first-order valence-corrected chi connectivity index (χ1v) is 6.99. The lowest BCUT2D eigenvalue weighted by atomic mass is 9.78. The molecule has 0 amide bonds. The summed E-state index contributed by atoms with van der Waals surface area (Å²) in [5.41, 5.74) is 0.380. The van der Waals surface area contributed by atoms with Gasteiger partial charge in [0, 0.05) is 25.5 Å². The maximum absolute atomic E-state index is 11.5. The molecule has 4 heteroatoms. The van der Waals surface area contributed by atoms with Crippen LogP contribution >= 0.6 is 11.6 Å². The van der Waals surface area contributed by atoms with Gasteiger partial charge in [-0.05, 0) is 31.9 Å². The van der Waals surface area contributed by atoms with Gasteiger partial charge in [0.05, 0.1) is 17.2 Å². The molecule has 3 nitrogen and oxygen atoms in total. The van der Waals surface area contributed by atoms with Crippen LogP contribution in [0.1, 0.15) is 38.2 Å². The molecule has 1 aromatic rings. The molecule has 1 aliphatic carbocycles. The lowest BCUT2D eigenvalue weighted by molar-refractivity contribution is -0.128. The molecule has 0 aromatic heterocycles. The topological polar surface area (TPSA) is 35.5 Å². The predicted molar refractivity (Wildman–Crippen MR) is 74.8 cm³/mol. The van der Waals surface area contributed by atoms with Gasteiger partial charge in [0.1, 0.15) is 11.5 Å². The van der Waals surface area contributed by atoms with Gasteiger partial charge in [-0.3, -0.25) is 4.79 Å². The number of methoxy groups -OCH3 is 1. The Balaban J connectivity index is 2.45. The maximum Gasteiger partial charge on any atom is 0.133 e. The normalized spacial score (nSPS) is 18.4. The Labute approximate surface area is 118 Å². The van der Waals surface area contributed by atoms with Crippen LogP contribution in [0.3, 0.4) is 0 Å². The zero-order valence-corrected chi connectivity index (χ0v) is 12.1. The molecule has 0 spiro atoms. The highest BCUT2D eigenvalue weighted by atomic mass is 35.5. The van der Waals surface area contributed by atoms with Gasteiger partial charge in [-0.1, -0.05) is 17.7 Å². The highest BCUT2D eigenvalue weighted by Crippen LogP contribution is 2.46. The van der Waals surface area contributed by atoms with Crippen LogP contribution in [0.2, 0.25) is 5.02 Å². The van der Waals surface area contributed by atoms with Gasteiger partial charge in [0.25, 0.3) is 0 Å². The maximum atomic E-state index is 11.5. The summed E-state index contributed by atoms with van der Waals surface area (Å²) >= 11 is 6.36. The molecule has 1 fully saturated rings. The number of benzene rings is 1. The Morgan fingerprint density at radius 1 is 1.32 bits per heavy atom. The van der Waals surface area contributed by atoms with Gasteiger partial charge in [-0.15, -0.1) is 0 Å². The molecule has 2 rings (SSSR count). The second-order valence-corrected chi connectivity index (χ2v) is 5.19. The smallest absolute Gasteiger partial charge is 0.133 e. The van der Waals surface area contributed by atoms with Gasteiger partial charge in [-0.2, -0.15) is 0 Å². The number of ketones is 1. The molecule has 1 aliphatic rings. The van der Waals surface area contributed by atoms with E-state index in [0.717, 1.165) is 11.3 Å². The van der Waals surface area contributed by atoms with E-state index in [1.807, 2.05) is 25.1 Å². The third-order valence-electron chi connectivity index (χ3n) is 3.74. The van der Waals surface area contributed by atoms with Crippen LogP contribution in [0, 0.1) is 0 Å². The number of carbonyl (C=O) groups excluding carboxylic acids is 1. The zero-order valence-electron chi connectivity index (χ0n) is 11.4. The molecule has 19 heavy (non-hydrogen) atoms. The first-order valence-electron chi connectivity index (χ1n) is 6.61. The van der Waals surface area contributed by atoms with E-state index in [0.29, 0.717) is 37.3 Å². The minimum Gasteiger partial charge on any atom is -0.493 e. The Hall–Kier alpha value is -1.06. The molecule has 0 bridgehead atoms. The Morgan fingerprint density at radius 3 is 2.58 bits per heavy atom. The molecular weight excluding hydrogens is 264 g/mol. The fourth-order valence-corrected chi connectivity index (χ4v) is 3.05. The van der Waals surface area contributed by atoms with Crippen LogP contribution in [0.5, 0.6) is 5.75 Å². The Kier molecular flexibility index (Phi) is 4.48. The van der Waals surface area contributed by atoms with Crippen molar-refractivity contribution in [1.29, 1.82) is 0 Å². The Bertz CT molecular complexity index is 460. The van der Waals surface area contributed by atoms with Gasteiger partial charge >= 0.3 is 0 Å². The van der Waals surface area contributed by atoms with Crippen LogP contribution in [0.25, 0.3) is 0 Å². The summed E-state index contributed by atoms with van der Waals surface area (Å²) in [5, 5.41) is 0.641. The van der Waals surface area contributed by atoms with E-state index in [9.17, 15) is 4.79 Å². The van der Waals surface area contributed by atoms with Crippen LogP contribution in [0.4, 0.5) is 0 Å². The monoisotopic (exact) mass is 282 g/mol. The van der Waals surface area contributed by atoms with Gasteiger partial charge in [0.15, 0.2) is 0 Å². The average molecular weight is 283 g/mol. The summed E-state index contributed by atoms with van der Waals surface area (Å²) < 4.78 is 11.4. The van der Waals surface area contributed by atoms with Crippen molar-refractivity contribution in [2.75, 3.05) is 13.7 Å². The molecule has 0 saturated heterocycles. The minimum absolute atomic E-state index is 0.290. The quantitative estimate of drug-likeness (QED) is 0.844. The fraction of sp³-hybridized carbons (Fsp3) is 0.533. The zero-order chi connectivity index (χ0) is 13.9. The van der Waals surface area contributed by atoms with E-state index in [1.54, 1.807) is 7.11 Å². The van der Waals surface area contributed by atoms with E-state index in [-0.39, 0.29) is 5.78 Å². The van der Waals surface area contributed by atoms with Gasteiger partial charge in [-0.25, -0.2) is 0 Å². The standard InChI is InChI=1S/C15H19ClO3/c1-3-19-13-6-4-5-12(16)14(13)15(18-2)9-7-11(17)8-10-15/h4-6H,3,7-10H2,1-2H3. The number of ether oxygens (including phenoxy) is 2.